The van der Waals surface area contributed by atoms with Gasteiger partial charge >= 0.3 is 0 Å². The van der Waals surface area contributed by atoms with Crippen molar-refractivity contribution in [3.63, 3.8) is 0 Å². The summed E-state index contributed by atoms with van der Waals surface area (Å²) in [6.07, 6.45) is 5.08. The Morgan fingerprint density at radius 1 is 1.22 bits per heavy atom. The molecule has 1 amide bonds. The zero-order chi connectivity index (χ0) is 15.9. The Morgan fingerprint density at radius 3 is 3.00 bits per heavy atom. The van der Waals surface area contributed by atoms with Gasteiger partial charge in [-0.2, -0.15) is 0 Å². The molecule has 3 aromatic rings. The van der Waals surface area contributed by atoms with Gasteiger partial charge in [0.25, 0.3) is 0 Å². The summed E-state index contributed by atoms with van der Waals surface area (Å²) in [5, 5.41) is 5.81. The third-order valence-corrected chi connectivity index (χ3v) is 4.03. The number of rotatable bonds is 6. The molecule has 0 aliphatic carbocycles. The minimum atomic E-state index is -0.127. The van der Waals surface area contributed by atoms with Crippen molar-refractivity contribution in [1.29, 1.82) is 0 Å². The summed E-state index contributed by atoms with van der Waals surface area (Å²) in [6.45, 7) is 0.838. The van der Waals surface area contributed by atoms with Gasteiger partial charge in [0.1, 0.15) is 17.9 Å². The minimum absolute atomic E-state index is 0.127. The number of fused-ring (bicyclic) bond motifs is 1. The topological polar surface area (TPSA) is 51.2 Å². The maximum atomic E-state index is 11.7. The molecule has 0 aliphatic heterocycles. The fraction of sp³-hybridized carbons (Fsp3) is 0.111. The Kier molecular flexibility index (Phi) is 5.01. The Hall–Kier alpha value is -2.66. The number of benzene rings is 1. The van der Waals surface area contributed by atoms with Gasteiger partial charge in [-0.3, -0.25) is 9.78 Å². The smallest absolute Gasteiger partial charge is 0.244 e. The largest absolute Gasteiger partial charge is 0.489 e. The Morgan fingerprint density at radius 2 is 2.13 bits per heavy atom. The number of pyridine rings is 1. The number of thiophene rings is 1. The lowest BCUT2D eigenvalue weighted by molar-refractivity contribution is -0.116. The van der Waals surface area contributed by atoms with E-state index in [1.165, 1.54) is 6.08 Å². The third kappa shape index (κ3) is 4.17. The molecule has 0 atom stereocenters. The van der Waals surface area contributed by atoms with Crippen LogP contribution in [0, 0.1) is 0 Å². The third-order valence-electron chi connectivity index (χ3n) is 3.20. The predicted molar refractivity (Wildman–Crippen MR) is 93.6 cm³/mol. The second-order valence-electron chi connectivity index (χ2n) is 4.82. The molecule has 0 bridgehead atoms. The average Bonchev–Trinajstić information content (AvgIpc) is 3.10. The molecule has 3 rings (SSSR count). The van der Waals surface area contributed by atoms with Gasteiger partial charge < -0.3 is 10.1 Å². The van der Waals surface area contributed by atoms with E-state index in [0.29, 0.717) is 13.2 Å². The molecule has 0 fully saturated rings. The second kappa shape index (κ2) is 7.56. The SMILES string of the molecule is O=C(/C=C/c1cccs1)NCCOc1cccc2cccnc12. The fourth-order valence-electron chi connectivity index (χ4n) is 2.13. The van der Waals surface area contributed by atoms with Crippen molar-refractivity contribution in [2.24, 2.45) is 0 Å². The maximum Gasteiger partial charge on any atom is 0.244 e. The van der Waals surface area contributed by atoms with Crippen LogP contribution < -0.4 is 10.1 Å². The van der Waals surface area contributed by atoms with E-state index < -0.39 is 0 Å². The number of hydrogen-bond acceptors (Lipinski definition) is 4. The molecule has 4 nitrogen and oxygen atoms in total. The van der Waals surface area contributed by atoms with E-state index in [4.69, 9.17) is 4.74 Å². The van der Waals surface area contributed by atoms with Gasteiger partial charge in [0.05, 0.1) is 6.54 Å². The highest BCUT2D eigenvalue weighted by atomic mass is 32.1. The van der Waals surface area contributed by atoms with E-state index in [1.54, 1.807) is 23.6 Å². The van der Waals surface area contributed by atoms with Gasteiger partial charge in [0, 0.05) is 22.5 Å². The summed E-state index contributed by atoms with van der Waals surface area (Å²) in [5.41, 5.74) is 0.832. The molecule has 1 aromatic carbocycles. The van der Waals surface area contributed by atoms with Crippen LogP contribution in [0.3, 0.4) is 0 Å². The van der Waals surface area contributed by atoms with Gasteiger partial charge in [-0.15, -0.1) is 11.3 Å². The Bertz CT molecular complexity index is 808. The van der Waals surface area contributed by atoms with Crippen molar-refractivity contribution >= 4 is 34.2 Å². The number of hydrogen-bond donors (Lipinski definition) is 1. The average molecular weight is 324 g/mol. The number of para-hydroxylation sites is 1. The molecule has 116 valence electrons. The molecule has 2 aromatic heterocycles. The van der Waals surface area contributed by atoms with Crippen LogP contribution in [-0.2, 0) is 4.79 Å². The van der Waals surface area contributed by atoms with Crippen molar-refractivity contribution < 1.29 is 9.53 Å². The zero-order valence-corrected chi connectivity index (χ0v) is 13.3. The first kappa shape index (κ1) is 15.2. The highest BCUT2D eigenvalue weighted by Crippen LogP contribution is 2.22. The summed E-state index contributed by atoms with van der Waals surface area (Å²) in [4.78, 5) is 17.1. The highest BCUT2D eigenvalue weighted by Gasteiger charge is 2.02. The molecule has 0 radical (unpaired) electrons. The van der Waals surface area contributed by atoms with Crippen molar-refractivity contribution in [3.8, 4) is 5.75 Å². The molecule has 1 N–H and O–H groups in total. The van der Waals surface area contributed by atoms with E-state index in [0.717, 1.165) is 21.5 Å². The van der Waals surface area contributed by atoms with E-state index in [-0.39, 0.29) is 5.91 Å². The summed E-state index contributed by atoms with van der Waals surface area (Å²) in [6, 6.07) is 13.6. The lowest BCUT2D eigenvalue weighted by Gasteiger charge is -2.08. The molecule has 5 heteroatoms. The molecular weight excluding hydrogens is 308 g/mol. The van der Waals surface area contributed by atoms with Crippen LogP contribution >= 0.6 is 11.3 Å². The van der Waals surface area contributed by atoms with E-state index >= 15 is 0 Å². The number of ether oxygens (including phenoxy) is 1. The van der Waals surface area contributed by atoms with Gasteiger partial charge in [-0.05, 0) is 29.7 Å². The van der Waals surface area contributed by atoms with Crippen LogP contribution in [0.25, 0.3) is 17.0 Å². The minimum Gasteiger partial charge on any atom is -0.489 e. The highest BCUT2D eigenvalue weighted by molar-refractivity contribution is 7.10. The van der Waals surface area contributed by atoms with Crippen LogP contribution in [0.1, 0.15) is 4.88 Å². The normalized spacial score (nSPS) is 11.0. The number of aromatic nitrogens is 1. The summed E-state index contributed by atoms with van der Waals surface area (Å²) in [7, 11) is 0. The zero-order valence-electron chi connectivity index (χ0n) is 12.4. The monoisotopic (exact) mass is 324 g/mol. The molecule has 0 aliphatic rings. The molecule has 0 unspecified atom stereocenters. The maximum absolute atomic E-state index is 11.7. The van der Waals surface area contributed by atoms with Gasteiger partial charge in [-0.25, -0.2) is 0 Å². The predicted octanol–water partition coefficient (Wildman–Crippen LogP) is 3.50. The molecule has 0 saturated heterocycles. The first-order valence-electron chi connectivity index (χ1n) is 7.29. The summed E-state index contributed by atoms with van der Waals surface area (Å²) in [5.74, 6) is 0.601. The van der Waals surface area contributed by atoms with Crippen molar-refractivity contribution in [3.05, 3.63) is 65.0 Å². The first-order chi connectivity index (χ1) is 11.3. The Labute approximate surface area is 138 Å². The van der Waals surface area contributed by atoms with E-state index in [1.807, 2.05) is 47.8 Å². The van der Waals surface area contributed by atoms with Crippen LogP contribution in [-0.4, -0.2) is 24.0 Å². The van der Waals surface area contributed by atoms with Crippen molar-refractivity contribution in [1.82, 2.24) is 10.3 Å². The van der Waals surface area contributed by atoms with Crippen LogP contribution in [0.4, 0.5) is 0 Å². The summed E-state index contributed by atoms with van der Waals surface area (Å²) < 4.78 is 5.72. The van der Waals surface area contributed by atoms with Crippen LogP contribution in [0.15, 0.2) is 60.1 Å². The van der Waals surface area contributed by atoms with Crippen molar-refractivity contribution in [2.75, 3.05) is 13.2 Å². The van der Waals surface area contributed by atoms with Crippen molar-refractivity contribution in [2.45, 2.75) is 0 Å². The first-order valence-corrected chi connectivity index (χ1v) is 8.17. The van der Waals surface area contributed by atoms with E-state index in [2.05, 4.69) is 10.3 Å². The van der Waals surface area contributed by atoms with Crippen LogP contribution in [0.2, 0.25) is 0 Å². The van der Waals surface area contributed by atoms with Gasteiger partial charge in [-0.1, -0.05) is 24.3 Å². The molecule has 0 saturated carbocycles. The lowest BCUT2D eigenvalue weighted by Crippen LogP contribution is -2.26. The Balaban J connectivity index is 1.48. The van der Waals surface area contributed by atoms with Gasteiger partial charge in [0.2, 0.25) is 5.91 Å². The summed E-state index contributed by atoms with van der Waals surface area (Å²) >= 11 is 1.59. The second-order valence-corrected chi connectivity index (χ2v) is 5.80. The van der Waals surface area contributed by atoms with Crippen LogP contribution in [0.5, 0.6) is 5.75 Å². The number of amides is 1. The number of carbonyl (C=O) groups is 1. The fourth-order valence-corrected chi connectivity index (χ4v) is 2.75. The molecule has 23 heavy (non-hydrogen) atoms. The lowest BCUT2D eigenvalue weighted by atomic mass is 10.2. The molecule has 0 spiro atoms. The standard InChI is InChI=1S/C18H16N2O2S/c21-17(9-8-15-6-3-13-23-15)19-11-12-22-16-7-1-4-14-5-2-10-20-18(14)16/h1-10,13H,11-12H2,(H,19,21)/b9-8+. The van der Waals surface area contributed by atoms with E-state index in [9.17, 15) is 4.79 Å². The van der Waals surface area contributed by atoms with Gasteiger partial charge in [0.15, 0.2) is 0 Å². The quantitative estimate of drug-likeness (QED) is 0.558. The number of nitrogens with zero attached hydrogens (tertiary/aromatic N) is 1. The number of nitrogens with one attached hydrogen (secondary N) is 1. The molecular formula is C18H16N2O2S. The number of carbonyl (C=O) groups excluding carboxylic acids is 1. The molecule has 2 heterocycles.